The zero-order valence-corrected chi connectivity index (χ0v) is 28.5. The van der Waals surface area contributed by atoms with Crippen molar-refractivity contribution in [3.63, 3.8) is 0 Å². The molecule has 0 N–H and O–H groups in total. The molecular formula is C39H40N2O9. The topological polar surface area (TPSA) is 140 Å². The van der Waals surface area contributed by atoms with Gasteiger partial charge in [-0.2, -0.15) is 0 Å². The third kappa shape index (κ3) is 5.39. The molecule has 3 aromatic rings. The van der Waals surface area contributed by atoms with Crippen molar-refractivity contribution in [3.05, 3.63) is 108 Å². The number of rotatable bonds is 6. The van der Waals surface area contributed by atoms with Crippen LogP contribution in [0.1, 0.15) is 84.5 Å². The Kier molecular flexibility index (Phi) is 8.37. The maximum atomic E-state index is 14.0. The third-order valence-corrected chi connectivity index (χ3v) is 11.8. The number of fused-ring (bicyclic) bond motifs is 3. The van der Waals surface area contributed by atoms with Gasteiger partial charge in [0.25, 0.3) is 0 Å². The minimum Gasteiger partial charge on any atom is -0.463 e. The molecule has 1 aromatic carbocycles. The molecule has 0 bridgehead atoms. The summed E-state index contributed by atoms with van der Waals surface area (Å²) in [6, 6.07) is 15.1. The van der Waals surface area contributed by atoms with Crippen molar-refractivity contribution in [1.82, 2.24) is 9.97 Å². The Bertz CT molecular complexity index is 1840. The van der Waals surface area contributed by atoms with Crippen LogP contribution < -0.4 is 0 Å². The van der Waals surface area contributed by atoms with Crippen LogP contribution in [0.2, 0.25) is 0 Å². The van der Waals surface area contributed by atoms with Crippen LogP contribution in [0.4, 0.5) is 0 Å². The number of aromatic nitrogens is 2. The monoisotopic (exact) mass is 680 g/mol. The first-order chi connectivity index (χ1) is 23.9. The predicted octanol–water partition coefficient (Wildman–Crippen LogP) is 5.70. The lowest BCUT2D eigenvalue weighted by Crippen LogP contribution is -2.78. The highest BCUT2D eigenvalue weighted by Crippen LogP contribution is 2.69. The van der Waals surface area contributed by atoms with Gasteiger partial charge in [0.15, 0.2) is 12.2 Å². The Balaban J connectivity index is 1.40. The summed E-state index contributed by atoms with van der Waals surface area (Å²) in [6.07, 6.45) is 6.43. The molecule has 4 aliphatic rings. The van der Waals surface area contributed by atoms with Crippen LogP contribution in [-0.4, -0.2) is 70.0 Å². The van der Waals surface area contributed by atoms with Crippen LogP contribution in [0.25, 0.3) is 0 Å². The van der Waals surface area contributed by atoms with Gasteiger partial charge in [0.2, 0.25) is 0 Å². The molecule has 4 heterocycles. The van der Waals surface area contributed by atoms with Crippen LogP contribution in [0.5, 0.6) is 0 Å². The number of esters is 4. The van der Waals surface area contributed by atoms with Gasteiger partial charge in [0, 0.05) is 48.0 Å². The lowest BCUT2D eigenvalue weighted by Gasteiger charge is -2.70. The summed E-state index contributed by atoms with van der Waals surface area (Å²) in [6.45, 7) is 7.91. The first-order valence-electron chi connectivity index (χ1n) is 16.9. The van der Waals surface area contributed by atoms with E-state index in [1.807, 2.05) is 26.8 Å². The van der Waals surface area contributed by atoms with Gasteiger partial charge < -0.3 is 23.7 Å². The fraction of sp³-hybridized carbons (Fsp3) is 0.436. The zero-order chi connectivity index (χ0) is 35.3. The first kappa shape index (κ1) is 33.6. The molecule has 50 heavy (non-hydrogen) atoms. The fourth-order valence-corrected chi connectivity index (χ4v) is 8.95. The second-order valence-electron chi connectivity index (χ2n) is 14.5. The Labute approximate surface area is 290 Å². The van der Waals surface area contributed by atoms with Crippen molar-refractivity contribution in [2.45, 2.75) is 82.9 Å². The number of carbonyl (C=O) groups excluding carboxylic acids is 4. The molecule has 0 amide bonds. The fourth-order valence-electron chi connectivity index (χ4n) is 8.95. The SMILES string of the molecule is CC1=CC[C@@H](OC(=O)c2cccnc2)[C@H]2[C@@]1(C)[C@@H](OC(=O)c1cccnc1)[C@H](OC(=O)c1ccccc1)[C@]1(C)O[C@]3(CC[C@]21C)COC(=O)C3. The highest BCUT2D eigenvalue weighted by atomic mass is 16.6. The number of carbonyl (C=O) groups is 4. The predicted molar refractivity (Wildman–Crippen MR) is 178 cm³/mol. The quantitative estimate of drug-likeness (QED) is 0.180. The van der Waals surface area contributed by atoms with Crippen LogP contribution in [0.15, 0.2) is 91.0 Å². The molecule has 11 nitrogen and oxygen atoms in total. The maximum Gasteiger partial charge on any atom is 0.340 e. The highest BCUT2D eigenvalue weighted by molar-refractivity contribution is 5.91. The molecule has 2 aliphatic carbocycles. The van der Waals surface area contributed by atoms with Gasteiger partial charge in [-0.25, -0.2) is 14.4 Å². The molecule has 2 saturated heterocycles. The Morgan fingerprint density at radius 3 is 1.98 bits per heavy atom. The van der Waals surface area contributed by atoms with Crippen LogP contribution >= 0.6 is 0 Å². The van der Waals surface area contributed by atoms with E-state index in [-0.39, 0.29) is 24.6 Å². The molecule has 1 saturated carbocycles. The van der Waals surface area contributed by atoms with Gasteiger partial charge in [0.1, 0.15) is 23.9 Å². The Morgan fingerprint density at radius 1 is 0.780 bits per heavy atom. The van der Waals surface area contributed by atoms with Crippen LogP contribution in [0.3, 0.4) is 0 Å². The zero-order valence-electron chi connectivity index (χ0n) is 28.5. The van der Waals surface area contributed by atoms with Crippen molar-refractivity contribution in [1.29, 1.82) is 0 Å². The molecule has 0 radical (unpaired) electrons. The molecule has 260 valence electrons. The molecule has 2 aromatic heterocycles. The van der Waals surface area contributed by atoms with Gasteiger partial charge in [-0.1, -0.05) is 43.7 Å². The molecule has 0 unspecified atom stereocenters. The van der Waals surface area contributed by atoms with Crippen molar-refractivity contribution in [2.75, 3.05) is 6.61 Å². The minimum atomic E-state index is -1.37. The standard InChI is InChI=1S/C39H40N2O9/c1-24-14-15-28(47-34(44)26-12-8-18-40-21-26)30-36(2)16-17-39(20-29(42)46-23-39)50-38(36,4)32(49-33(43)25-10-6-5-7-11-25)31(37(24,30)3)48-35(45)27-13-9-19-41-22-27/h5-14,18-19,21-22,28,30-32H,15-17,20,23H2,1-4H3/t28-,30-,31+,32+,36-,37+,38+,39+/m1/s1. The summed E-state index contributed by atoms with van der Waals surface area (Å²) in [7, 11) is 0. The molecule has 11 heteroatoms. The summed E-state index contributed by atoms with van der Waals surface area (Å²) >= 11 is 0. The van der Waals surface area contributed by atoms with Gasteiger partial charge in [-0.3, -0.25) is 14.8 Å². The normalized spacial score (nSPS) is 34.4. The largest absolute Gasteiger partial charge is 0.463 e. The van der Waals surface area contributed by atoms with Crippen molar-refractivity contribution in [2.24, 2.45) is 16.7 Å². The smallest absolute Gasteiger partial charge is 0.340 e. The van der Waals surface area contributed by atoms with E-state index < -0.39 is 64.2 Å². The lowest BCUT2D eigenvalue weighted by molar-refractivity contribution is -0.345. The van der Waals surface area contributed by atoms with E-state index in [9.17, 15) is 19.2 Å². The number of pyridine rings is 2. The maximum absolute atomic E-state index is 14.0. The second-order valence-corrected chi connectivity index (χ2v) is 14.5. The third-order valence-electron chi connectivity index (χ3n) is 11.8. The molecule has 2 aliphatic heterocycles. The molecule has 7 rings (SSSR count). The number of hydrogen-bond acceptors (Lipinski definition) is 11. The first-order valence-corrected chi connectivity index (χ1v) is 16.9. The van der Waals surface area contributed by atoms with E-state index in [0.29, 0.717) is 30.4 Å². The summed E-state index contributed by atoms with van der Waals surface area (Å²) in [4.78, 5) is 62.4. The van der Waals surface area contributed by atoms with E-state index in [4.69, 9.17) is 23.7 Å². The summed E-state index contributed by atoms with van der Waals surface area (Å²) < 4.78 is 32.0. The summed E-state index contributed by atoms with van der Waals surface area (Å²) in [5.74, 6) is -2.70. The van der Waals surface area contributed by atoms with Crippen molar-refractivity contribution in [3.8, 4) is 0 Å². The van der Waals surface area contributed by atoms with E-state index in [1.165, 1.54) is 12.4 Å². The average Bonchev–Trinajstić information content (AvgIpc) is 3.49. The van der Waals surface area contributed by atoms with Gasteiger partial charge in [0.05, 0.1) is 23.1 Å². The molecule has 8 atom stereocenters. The second kappa shape index (κ2) is 12.5. The number of ether oxygens (including phenoxy) is 5. The van der Waals surface area contributed by atoms with Crippen LogP contribution in [0, 0.1) is 16.7 Å². The van der Waals surface area contributed by atoms with Crippen molar-refractivity contribution >= 4 is 23.9 Å². The highest BCUT2D eigenvalue weighted by Gasteiger charge is 2.76. The molecular weight excluding hydrogens is 640 g/mol. The number of cyclic esters (lactones) is 1. The van der Waals surface area contributed by atoms with Crippen molar-refractivity contribution < 1.29 is 42.9 Å². The Morgan fingerprint density at radius 2 is 1.38 bits per heavy atom. The molecule has 3 fully saturated rings. The lowest BCUT2D eigenvalue weighted by atomic mass is 9.41. The van der Waals surface area contributed by atoms with E-state index in [1.54, 1.807) is 67.0 Å². The average molecular weight is 681 g/mol. The summed E-state index contributed by atoms with van der Waals surface area (Å²) in [5.41, 5.74) is -2.52. The number of benzene rings is 1. The number of nitrogens with zero attached hydrogens (tertiary/aromatic N) is 2. The van der Waals surface area contributed by atoms with E-state index in [0.717, 1.165) is 5.57 Å². The number of hydrogen-bond donors (Lipinski definition) is 0. The van der Waals surface area contributed by atoms with Gasteiger partial charge in [-0.15, -0.1) is 0 Å². The van der Waals surface area contributed by atoms with E-state index in [2.05, 4.69) is 16.9 Å². The van der Waals surface area contributed by atoms with Gasteiger partial charge >= 0.3 is 23.9 Å². The summed E-state index contributed by atoms with van der Waals surface area (Å²) in [5, 5.41) is 0. The van der Waals surface area contributed by atoms with Gasteiger partial charge in [-0.05, 0) is 63.1 Å². The molecule has 1 spiro atoms. The Hall–Kier alpha value is -4.90. The minimum absolute atomic E-state index is 0.0262. The van der Waals surface area contributed by atoms with Crippen LogP contribution in [-0.2, 0) is 28.5 Å². The van der Waals surface area contributed by atoms with E-state index >= 15 is 0 Å².